The minimum Gasteiger partial charge on any atom is -0.314 e. The van der Waals surface area contributed by atoms with Crippen molar-refractivity contribution in [2.75, 3.05) is 12.1 Å². The molecule has 0 saturated heterocycles. The highest BCUT2D eigenvalue weighted by molar-refractivity contribution is 5.53. The lowest BCUT2D eigenvalue weighted by atomic mass is 9.74. The molecule has 2 nitrogen and oxygen atoms in total. The van der Waals surface area contributed by atoms with Crippen molar-refractivity contribution in [1.29, 1.82) is 0 Å². The third-order valence-electron chi connectivity index (χ3n) is 3.15. The van der Waals surface area contributed by atoms with Gasteiger partial charge in [-0.15, -0.1) is 0 Å². The maximum atomic E-state index is 5.88. The summed E-state index contributed by atoms with van der Waals surface area (Å²) in [7, 11) is 1.90. The highest BCUT2D eigenvalue weighted by atomic mass is 15.4. The number of hydrogen-bond donors (Lipinski definition) is 1. The third-order valence-corrected chi connectivity index (χ3v) is 3.15. The van der Waals surface area contributed by atoms with Crippen LogP contribution in [0, 0.1) is 5.41 Å². The molecule has 2 heteroatoms. The smallest absolute Gasteiger partial charge is 0.0548 e. The van der Waals surface area contributed by atoms with Gasteiger partial charge in [-0.1, -0.05) is 45.9 Å². The lowest BCUT2D eigenvalue weighted by molar-refractivity contribution is 0.313. The maximum absolute atomic E-state index is 5.88. The van der Waals surface area contributed by atoms with Crippen molar-refractivity contribution < 1.29 is 0 Å². The van der Waals surface area contributed by atoms with Gasteiger partial charge >= 0.3 is 0 Å². The van der Waals surface area contributed by atoms with E-state index in [0.29, 0.717) is 5.92 Å². The van der Waals surface area contributed by atoms with Crippen LogP contribution < -0.4 is 10.9 Å². The number of para-hydroxylation sites is 1. The summed E-state index contributed by atoms with van der Waals surface area (Å²) in [4.78, 5) is 0. The molecule has 90 valence electrons. The molecule has 0 aliphatic carbocycles. The Morgan fingerprint density at radius 1 is 1.25 bits per heavy atom. The molecule has 0 fully saturated rings. The van der Waals surface area contributed by atoms with Crippen LogP contribution in [0.1, 0.15) is 45.6 Å². The van der Waals surface area contributed by atoms with Crippen LogP contribution in [-0.2, 0) is 0 Å². The van der Waals surface area contributed by atoms with Crippen LogP contribution in [0.25, 0.3) is 0 Å². The minimum atomic E-state index is 0.265. The van der Waals surface area contributed by atoms with Gasteiger partial charge in [0, 0.05) is 7.05 Å². The van der Waals surface area contributed by atoms with Gasteiger partial charge in [0.25, 0.3) is 0 Å². The summed E-state index contributed by atoms with van der Waals surface area (Å²) in [5, 5.41) is 1.71. The first-order valence-electron chi connectivity index (χ1n) is 5.95. The van der Waals surface area contributed by atoms with E-state index in [1.54, 1.807) is 5.01 Å². The molecule has 0 spiro atoms. The zero-order chi connectivity index (χ0) is 12.3. The van der Waals surface area contributed by atoms with Crippen LogP contribution in [0.4, 0.5) is 5.69 Å². The van der Waals surface area contributed by atoms with E-state index < -0.39 is 0 Å². The molecule has 0 amide bonds. The Morgan fingerprint density at radius 3 is 2.25 bits per heavy atom. The Bertz CT molecular complexity index is 337. The zero-order valence-electron chi connectivity index (χ0n) is 11.1. The summed E-state index contributed by atoms with van der Waals surface area (Å²) in [6.45, 7) is 9.10. The van der Waals surface area contributed by atoms with Crippen LogP contribution in [0.5, 0.6) is 0 Å². The fourth-order valence-electron chi connectivity index (χ4n) is 2.40. The van der Waals surface area contributed by atoms with Crippen LogP contribution in [0.15, 0.2) is 24.3 Å². The molecule has 1 aromatic rings. The van der Waals surface area contributed by atoms with E-state index >= 15 is 0 Å². The number of rotatable bonds is 3. The summed E-state index contributed by atoms with van der Waals surface area (Å²) < 4.78 is 0. The fraction of sp³-hybridized carbons (Fsp3) is 0.571. The molecule has 0 bridgehead atoms. The van der Waals surface area contributed by atoms with Gasteiger partial charge < -0.3 is 5.01 Å². The van der Waals surface area contributed by atoms with Crippen molar-refractivity contribution in [3.63, 3.8) is 0 Å². The summed E-state index contributed by atoms with van der Waals surface area (Å²) >= 11 is 0. The van der Waals surface area contributed by atoms with E-state index in [4.69, 9.17) is 5.84 Å². The molecular weight excluding hydrogens is 196 g/mol. The van der Waals surface area contributed by atoms with Crippen LogP contribution in [0.2, 0.25) is 0 Å². The van der Waals surface area contributed by atoms with Gasteiger partial charge in [-0.3, -0.25) is 0 Å². The van der Waals surface area contributed by atoms with Crippen molar-refractivity contribution >= 4 is 5.69 Å². The molecule has 1 aromatic carbocycles. The number of nitrogens with two attached hydrogens (primary N) is 1. The molecule has 0 heterocycles. The van der Waals surface area contributed by atoms with Gasteiger partial charge in [0.15, 0.2) is 0 Å². The molecule has 1 atom stereocenters. The fourth-order valence-corrected chi connectivity index (χ4v) is 2.40. The maximum Gasteiger partial charge on any atom is 0.0548 e. The second kappa shape index (κ2) is 4.88. The number of hydrogen-bond acceptors (Lipinski definition) is 2. The Hall–Kier alpha value is -1.02. The van der Waals surface area contributed by atoms with Gasteiger partial charge in [0.1, 0.15) is 0 Å². The third kappa shape index (κ3) is 2.76. The van der Waals surface area contributed by atoms with Gasteiger partial charge in [0.2, 0.25) is 0 Å². The molecule has 0 radical (unpaired) electrons. The summed E-state index contributed by atoms with van der Waals surface area (Å²) in [6, 6.07) is 8.41. The Kier molecular flexibility index (Phi) is 3.98. The first kappa shape index (κ1) is 13.0. The number of anilines is 1. The van der Waals surface area contributed by atoms with Crippen molar-refractivity contribution in [3.8, 4) is 0 Å². The largest absolute Gasteiger partial charge is 0.314 e. The molecule has 1 rings (SSSR count). The van der Waals surface area contributed by atoms with E-state index in [-0.39, 0.29) is 5.41 Å². The number of nitrogens with zero attached hydrogens (tertiary/aromatic N) is 1. The Balaban J connectivity index is 3.20. The molecule has 16 heavy (non-hydrogen) atoms. The van der Waals surface area contributed by atoms with Gasteiger partial charge in [0.05, 0.1) is 5.69 Å². The van der Waals surface area contributed by atoms with E-state index in [2.05, 4.69) is 45.9 Å². The molecule has 0 saturated carbocycles. The SMILES string of the molecule is CCC(c1ccccc1N(C)N)C(C)(C)C. The van der Waals surface area contributed by atoms with Crippen LogP contribution in [-0.4, -0.2) is 7.05 Å². The highest BCUT2D eigenvalue weighted by Gasteiger charge is 2.26. The monoisotopic (exact) mass is 220 g/mol. The van der Waals surface area contributed by atoms with Crippen molar-refractivity contribution in [2.45, 2.75) is 40.0 Å². The van der Waals surface area contributed by atoms with Gasteiger partial charge in [-0.25, -0.2) is 5.84 Å². The first-order valence-corrected chi connectivity index (χ1v) is 5.95. The average Bonchev–Trinajstić information content (AvgIpc) is 2.17. The normalized spacial score (nSPS) is 13.6. The topological polar surface area (TPSA) is 29.3 Å². The van der Waals surface area contributed by atoms with Gasteiger partial charge in [-0.2, -0.15) is 0 Å². The van der Waals surface area contributed by atoms with Gasteiger partial charge in [-0.05, 0) is 29.4 Å². The number of hydrazine groups is 1. The molecule has 0 aromatic heterocycles. The summed E-state index contributed by atoms with van der Waals surface area (Å²) in [5.41, 5.74) is 2.74. The van der Waals surface area contributed by atoms with Crippen molar-refractivity contribution in [1.82, 2.24) is 0 Å². The van der Waals surface area contributed by atoms with Crippen molar-refractivity contribution in [2.24, 2.45) is 11.3 Å². The highest BCUT2D eigenvalue weighted by Crippen LogP contribution is 2.40. The Morgan fingerprint density at radius 2 is 1.81 bits per heavy atom. The van der Waals surface area contributed by atoms with E-state index in [1.165, 1.54) is 5.56 Å². The lowest BCUT2D eigenvalue weighted by Gasteiger charge is -2.33. The summed E-state index contributed by atoms with van der Waals surface area (Å²) in [5.74, 6) is 6.42. The van der Waals surface area contributed by atoms with Crippen molar-refractivity contribution in [3.05, 3.63) is 29.8 Å². The molecule has 0 aliphatic heterocycles. The molecule has 1 unspecified atom stereocenters. The average molecular weight is 220 g/mol. The molecule has 0 aliphatic rings. The minimum absolute atomic E-state index is 0.265. The zero-order valence-corrected chi connectivity index (χ0v) is 11.1. The second-order valence-corrected chi connectivity index (χ2v) is 5.50. The summed E-state index contributed by atoms with van der Waals surface area (Å²) in [6.07, 6.45) is 1.13. The molecule has 2 N–H and O–H groups in total. The molecular formula is C14H24N2. The van der Waals surface area contributed by atoms with E-state index in [9.17, 15) is 0 Å². The van der Waals surface area contributed by atoms with E-state index in [1.807, 2.05) is 13.1 Å². The standard InChI is InChI=1S/C14H24N2/c1-6-12(14(2,3)4)11-9-7-8-10-13(11)16(5)15/h7-10,12H,6,15H2,1-5H3. The quantitative estimate of drug-likeness (QED) is 0.623. The van der Waals surface area contributed by atoms with Crippen LogP contribution in [0.3, 0.4) is 0 Å². The lowest BCUT2D eigenvalue weighted by Crippen LogP contribution is -2.28. The van der Waals surface area contributed by atoms with Crippen LogP contribution >= 0.6 is 0 Å². The predicted molar refractivity (Wildman–Crippen MR) is 71.5 cm³/mol. The second-order valence-electron chi connectivity index (χ2n) is 5.50. The predicted octanol–water partition coefficient (Wildman–Crippen LogP) is 3.54. The Labute approximate surface area is 99.4 Å². The number of benzene rings is 1. The van der Waals surface area contributed by atoms with E-state index in [0.717, 1.165) is 12.1 Å². The first-order chi connectivity index (χ1) is 7.38.